The summed E-state index contributed by atoms with van der Waals surface area (Å²) in [6.45, 7) is 0.888. The van der Waals surface area contributed by atoms with Crippen LogP contribution >= 0.6 is 23.2 Å². The molecular weight excluding hydrogens is 434 g/mol. The number of hydrogen-bond donors (Lipinski definition) is 2. The summed E-state index contributed by atoms with van der Waals surface area (Å²) in [5.41, 5.74) is 4.92. The molecule has 0 fully saturated rings. The van der Waals surface area contributed by atoms with Gasteiger partial charge in [-0.3, -0.25) is 0 Å². The van der Waals surface area contributed by atoms with E-state index in [1.165, 1.54) is 11.1 Å². The predicted molar refractivity (Wildman–Crippen MR) is 101 cm³/mol. The fourth-order valence-corrected chi connectivity index (χ4v) is 3.76. The van der Waals surface area contributed by atoms with Crippen molar-refractivity contribution in [3.63, 3.8) is 0 Å². The predicted octanol–water partition coefficient (Wildman–Crippen LogP) is 4.51. The van der Waals surface area contributed by atoms with Crippen molar-refractivity contribution in [3.8, 4) is 0 Å². The molecular formula is C19H21Cl2NO2Y. The van der Waals surface area contributed by atoms with E-state index in [0.29, 0.717) is 16.1 Å². The molecule has 2 aromatic rings. The van der Waals surface area contributed by atoms with Crippen LogP contribution in [0.2, 0.25) is 10.0 Å². The molecule has 0 bridgehead atoms. The molecule has 0 amide bonds. The third-order valence-electron chi connectivity index (χ3n) is 4.24. The molecule has 1 radical (unpaired) electrons. The summed E-state index contributed by atoms with van der Waals surface area (Å²) in [6, 6.07) is 12.4. The Morgan fingerprint density at radius 1 is 1.12 bits per heavy atom. The van der Waals surface area contributed by atoms with Gasteiger partial charge in [-0.1, -0.05) is 41.4 Å². The van der Waals surface area contributed by atoms with Crippen LogP contribution in [0.4, 0.5) is 0 Å². The summed E-state index contributed by atoms with van der Waals surface area (Å²) in [5, 5.41) is 13.9. The van der Waals surface area contributed by atoms with Gasteiger partial charge in [0.1, 0.15) is 0 Å². The second-order valence-corrected chi connectivity index (χ2v) is 6.72. The zero-order valence-electron chi connectivity index (χ0n) is 13.8. The smallest absolute Gasteiger partial charge is 0.0797 e. The monoisotopic (exact) mass is 454 g/mol. The molecule has 1 aliphatic carbocycles. The SMILES string of the molecule is O.O/C=C/c1ccc2c(c1)CCC2NCCc1cc(Cl)cc(Cl)c1.[Y]. The molecule has 0 aromatic heterocycles. The third-order valence-corrected chi connectivity index (χ3v) is 4.67. The zero-order valence-corrected chi connectivity index (χ0v) is 18.2. The Hall–Kier alpha value is -0.416. The number of nitrogens with one attached hydrogen (secondary N) is 1. The molecule has 1 aliphatic rings. The molecule has 0 heterocycles. The molecule has 6 heteroatoms. The van der Waals surface area contributed by atoms with Crippen LogP contribution in [0.15, 0.2) is 42.7 Å². The minimum absolute atomic E-state index is 0. The fraction of sp³-hybridized carbons (Fsp3) is 0.263. The number of rotatable bonds is 5. The molecule has 131 valence electrons. The first kappa shape index (κ1) is 22.6. The quantitative estimate of drug-likeness (QED) is 0.652. The van der Waals surface area contributed by atoms with Crippen LogP contribution in [-0.4, -0.2) is 17.1 Å². The van der Waals surface area contributed by atoms with E-state index in [-0.39, 0.29) is 38.2 Å². The van der Waals surface area contributed by atoms with Gasteiger partial charge in [0.25, 0.3) is 0 Å². The van der Waals surface area contributed by atoms with E-state index < -0.39 is 0 Å². The Morgan fingerprint density at radius 2 is 1.84 bits per heavy atom. The largest absolute Gasteiger partial charge is 0.516 e. The van der Waals surface area contributed by atoms with Crippen LogP contribution < -0.4 is 5.32 Å². The van der Waals surface area contributed by atoms with Crippen molar-refractivity contribution < 1.29 is 43.3 Å². The maximum absolute atomic E-state index is 8.87. The summed E-state index contributed by atoms with van der Waals surface area (Å²) in [7, 11) is 0. The van der Waals surface area contributed by atoms with E-state index in [0.717, 1.165) is 43.2 Å². The molecule has 3 rings (SSSR count). The van der Waals surface area contributed by atoms with Crippen LogP contribution in [0.1, 0.15) is 34.7 Å². The van der Waals surface area contributed by atoms with Crippen molar-refractivity contribution in [1.29, 1.82) is 0 Å². The molecule has 3 nitrogen and oxygen atoms in total. The van der Waals surface area contributed by atoms with E-state index >= 15 is 0 Å². The number of aryl methyl sites for hydroxylation is 1. The van der Waals surface area contributed by atoms with Crippen molar-refractivity contribution in [3.05, 3.63) is 75.0 Å². The topological polar surface area (TPSA) is 63.8 Å². The molecule has 0 saturated heterocycles. The van der Waals surface area contributed by atoms with Gasteiger partial charge in [-0.2, -0.15) is 0 Å². The van der Waals surface area contributed by atoms with Gasteiger partial charge in [0.15, 0.2) is 0 Å². The van der Waals surface area contributed by atoms with Crippen molar-refractivity contribution in [2.24, 2.45) is 0 Å². The van der Waals surface area contributed by atoms with E-state index in [2.05, 4.69) is 17.4 Å². The van der Waals surface area contributed by atoms with E-state index in [4.69, 9.17) is 28.3 Å². The number of benzene rings is 2. The first-order valence-corrected chi connectivity index (χ1v) is 8.53. The van der Waals surface area contributed by atoms with Crippen molar-refractivity contribution >= 4 is 29.3 Å². The average Bonchev–Trinajstić information content (AvgIpc) is 2.89. The van der Waals surface area contributed by atoms with Crippen LogP contribution in [-0.2, 0) is 45.6 Å². The van der Waals surface area contributed by atoms with Gasteiger partial charge in [0.2, 0.25) is 0 Å². The second kappa shape index (κ2) is 10.7. The second-order valence-electron chi connectivity index (χ2n) is 5.85. The minimum atomic E-state index is 0. The Morgan fingerprint density at radius 3 is 2.52 bits per heavy atom. The zero-order chi connectivity index (χ0) is 16.2. The van der Waals surface area contributed by atoms with Gasteiger partial charge in [-0.25, -0.2) is 0 Å². The number of fused-ring (bicyclic) bond motifs is 1. The molecule has 1 unspecified atom stereocenters. The fourth-order valence-electron chi connectivity index (χ4n) is 3.19. The van der Waals surface area contributed by atoms with Crippen molar-refractivity contribution in [1.82, 2.24) is 5.32 Å². The van der Waals surface area contributed by atoms with Crippen molar-refractivity contribution in [2.75, 3.05) is 6.54 Å². The summed E-state index contributed by atoms with van der Waals surface area (Å²) in [6.07, 6.45) is 5.88. The average molecular weight is 455 g/mol. The van der Waals surface area contributed by atoms with Gasteiger partial charge in [-0.15, -0.1) is 0 Å². The van der Waals surface area contributed by atoms with Gasteiger partial charge < -0.3 is 15.9 Å². The Labute approximate surface area is 183 Å². The van der Waals surface area contributed by atoms with Crippen molar-refractivity contribution in [2.45, 2.75) is 25.3 Å². The maximum atomic E-state index is 8.87. The normalized spacial score (nSPS) is 15.5. The molecule has 0 saturated carbocycles. The van der Waals surface area contributed by atoms with E-state index in [9.17, 15) is 0 Å². The maximum Gasteiger partial charge on any atom is 0.0797 e. The van der Waals surface area contributed by atoms with Crippen LogP contribution in [0.3, 0.4) is 0 Å². The number of aliphatic hydroxyl groups excluding tert-OH is 1. The minimum Gasteiger partial charge on any atom is -0.516 e. The molecule has 0 aliphatic heterocycles. The van der Waals surface area contributed by atoms with Gasteiger partial charge in [-0.05, 0) is 72.3 Å². The van der Waals surface area contributed by atoms with Gasteiger partial charge in [0.05, 0.1) is 6.26 Å². The molecule has 25 heavy (non-hydrogen) atoms. The number of halogens is 2. The summed E-state index contributed by atoms with van der Waals surface area (Å²) in [5.74, 6) is 0. The van der Waals surface area contributed by atoms with Crippen LogP contribution in [0, 0.1) is 0 Å². The molecule has 4 N–H and O–H groups in total. The molecule has 1 atom stereocenters. The summed E-state index contributed by atoms with van der Waals surface area (Å²) in [4.78, 5) is 0. The standard InChI is InChI=1S/C19H19Cl2NO.H2O.Y/c20-16-10-14(11-17(21)12-16)5-7-22-19-4-2-15-9-13(6-8-23)1-3-18(15)19;;/h1,3,6,8-12,19,22-23H,2,4-5,7H2;1H2;/b8-6+;;. The van der Waals surface area contributed by atoms with E-state index in [1.807, 2.05) is 18.2 Å². The third kappa shape index (κ3) is 6.06. The summed E-state index contributed by atoms with van der Waals surface area (Å²) < 4.78 is 0. The van der Waals surface area contributed by atoms with Crippen LogP contribution in [0.25, 0.3) is 6.08 Å². The molecule has 0 spiro atoms. The first-order valence-electron chi connectivity index (χ1n) is 7.77. The first-order chi connectivity index (χ1) is 11.2. The van der Waals surface area contributed by atoms with Gasteiger partial charge >= 0.3 is 0 Å². The van der Waals surface area contributed by atoms with Crippen LogP contribution in [0.5, 0.6) is 0 Å². The van der Waals surface area contributed by atoms with E-state index in [1.54, 1.807) is 12.1 Å². The number of hydrogen-bond acceptors (Lipinski definition) is 2. The number of aliphatic hydroxyl groups is 1. The Kier molecular flexibility index (Phi) is 9.65. The van der Waals surface area contributed by atoms with Gasteiger partial charge in [0, 0.05) is 48.8 Å². The molecule has 2 aromatic carbocycles. The Balaban J connectivity index is 0.00000156. The summed E-state index contributed by atoms with van der Waals surface area (Å²) >= 11 is 12.1. The Bertz CT molecular complexity index is 717.